The highest BCUT2D eigenvalue weighted by atomic mass is 32.2. The minimum atomic E-state index is -0.348. The van der Waals surface area contributed by atoms with E-state index >= 15 is 0 Å². The summed E-state index contributed by atoms with van der Waals surface area (Å²) in [6.07, 6.45) is 1.95. The highest BCUT2D eigenvalue weighted by molar-refractivity contribution is 7.99. The van der Waals surface area contributed by atoms with E-state index in [1.807, 2.05) is 30.6 Å². The second-order valence-corrected chi connectivity index (χ2v) is 6.47. The van der Waals surface area contributed by atoms with Gasteiger partial charge in [-0.1, -0.05) is 11.9 Å². The van der Waals surface area contributed by atoms with Crippen molar-refractivity contribution in [1.29, 1.82) is 0 Å². The maximum Gasteiger partial charge on any atom is 0.255 e. The molecule has 0 aliphatic heterocycles. The number of anilines is 1. The number of aryl methyl sites for hydroxylation is 1. The number of furan rings is 1. The van der Waals surface area contributed by atoms with Crippen LogP contribution in [-0.4, -0.2) is 31.2 Å². The second kappa shape index (κ2) is 6.76. The Kier molecular flexibility index (Phi) is 4.67. The second-order valence-electron chi connectivity index (χ2n) is 5.55. The molecule has 0 atom stereocenters. The third kappa shape index (κ3) is 3.07. The zero-order valence-corrected chi connectivity index (χ0v) is 15.2. The molecule has 1 N–H and O–H groups in total. The summed E-state index contributed by atoms with van der Waals surface area (Å²) in [5.74, 6) is 0.525. The summed E-state index contributed by atoms with van der Waals surface area (Å²) in [6.45, 7) is 1.94. The minimum absolute atomic E-state index is 0.273. The zero-order chi connectivity index (χ0) is 18.1. The van der Waals surface area contributed by atoms with Crippen molar-refractivity contribution in [2.24, 2.45) is 0 Å². The lowest BCUT2D eigenvalue weighted by Gasteiger charge is -2.16. The number of hydrogen-bond donors (Lipinski definition) is 1. The molecule has 0 bridgehead atoms. The van der Waals surface area contributed by atoms with Crippen LogP contribution in [0.1, 0.15) is 15.9 Å². The van der Waals surface area contributed by atoms with E-state index in [1.54, 1.807) is 19.2 Å². The Balaban J connectivity index is 2.29. The summed E-state index contributed by atoms with van der Waals surface area (Å²) in [5, 5.41) is 3.27. The number of nitrogens with one attached hydrogen (secondary N) is 1. The molecule has 0 spiro atoms. The lowest BCUT2D eigenvalue weighted by molar-refractivity contribution is 0.0964. The van der Waals surface area contributed by atoms with Gasteiger partial charge in [0, 0.05) is 25.9 Å². The monoisotopic (exact) mass is 359 g/mol. The van der Waals surface area contributed by atoms with Gasteiger partial charge in [-0.15, -0.1) is 0 Å². The van der Waals surface area contributed by atoms with Gasteiger partial charge in [-0.05, 0) is 42.8 Å². The number of fused-ring (bicyclic) bond motifs is 1. The molecule has 3 aromatic rings. The quantitative estimate of drug-likeness (QED) is 0.713. The third-order valence-corrected chi connectivity index (χ3v) is 4.70. The molecule has 1 amide bonds. The van der Waals surface area contributed by atoms with Crippen LogP contribution >= 0.6 is 11.9 Å². The maximum atomic E-state index is 13.2. The summed E-state index contributed by atoms with van der Waals surface area (Å²) in [4.78, 5) is 17.0. The highest BCUT2D eigenvalue weighted by Crippen LogP contribution is 2.35. The summed E-state index contributed by atoms with van der Waals surface area (Å²) < 4.78 is 21.1. The molecule has 7 heteroatoms. The van der Waals surface area contributed by atoms with Gasteiger partial charge in [0.25, 0.3) is 5.91 Å². The topological polar surface area (TPSA) is 58.4 Å². The fourth-order valence-corrected chi connectivity index (χ4v) is 3.03. The van der Waals surface area contributed by atoms with Crippen molar-refractivity contribution in [3.8, 4) is 11.3 Å². The van der Waals surface area contributed by atoms with E-state index in [0.29, 0.717) is 28.0 Å². The van der Waals surface area contributed by atoms with Crippen LogP contribution in [0.2, 0.25) is 0 Å². The van der Waals surface area contributed by atoms with Gasteiger partial charge in [0.15, 0.2) is 0 Å². The van der Waals surface area contributed by atoms with Crippen molar-refractivity contribution in [2.75, 3.05) is 24.7 Å². The van der Waals surface area contributed by atoms with Crippen LogP contribution in [0.5, 0.6) is 0 Å². The summed E-state index contributed by atoms with van der Waals surface area (Å²) in [6, 6.07) is 7.73. The third-order valence-electron chi connectivity index (χ3n) is 3.98. The molecule has 5 nitrogen and oxygen atoms in total. The number of amides is 1. The lowest BCUT2D eigenvalue weighted by Crippen LogP contribution is -2.18. The van der Waals surface area contributed by atoms with E-state index in [2.05, 4.69) is 10.3 Å². The van der Waals surface area contributed by atoms with Gasteiger partial charge in [0.2, 0.25) is 5.71 Å². The Hall–Kier alpha value is -2.54. The van der Waals surface area contributed by atoms with Crippen molar-refractivity contribution >= 4 is 34.8 Å². The smallest absolute Gasteiger partial charge is 0.255 e. The minimum Gasteiger partial charge on any atom is -0.437 e. The van der Waals surface area contributed by atoms with Crippen LogP contribution in [0, 0.1) is 12.7 Å². The largest absolute Gasteiger partial charge is 0.437 e. The zero-order valence-electron chi connectivity index (χ0n) is 14.4. The molecule has 3 rings (SSSR count). The van der Waals surface area contributed by atoms with Crippen LogP contribution in [-0.2, 0) is 0 Å². The fourth-order valence-electron chi connectivity index (χ4n) is 2.67. The normalized spacial score (nSPS) is 10.9. The van der Waals surface area contributed by atoms with E-state index in [0.717, 1.165) is 11.4 Å². The van der Waals surface area contributed by atoms with E-state index in [-0.39, 0.29) is 11.7 Å². The van der Waals surface area contributed by atoms with Crippen LogP contribution in [0.25, 0.3) is 22.4 Å². The Bertz CT molecular complexity index is 938. The van der Waals surface area contributed by atoms with Gasteiger partial charge in [-0.2, -0.15) is 4.98 Å². The highest BCUT2D eigenvalue weighted by Gasteiger charge is 2.24. The number of benzene rings is 1. The van der Waals surface area contributed by atoms with Crippen molar-refractivity contribution in [3.63, 3.8) is 0 Å². The predicted octanol–water partition coefficient (Wildman–Crippen LogP) is 4.02. The average Bonchev–Trinajstić information content (AvgIpc) is 2.98. The molecule has 1 aromatic carbocycles. The molecule has 0 fully saturated rings. The number of halogens is 1. The number of carbonyl (C=O) groups excluding carboxylic acids is 1. The molecule has 0 aliphatic carbocycles. The number of carbonyl (C=O) groups is 1. The molecule has 25 heavy (non-hydrogen) atoms. The van der Waals surface area contributed by atoms with E-state index in [9.17, 15) is 9.18 Å². The van der Waals surface area contributed by atoms with Crippen LogP contribution in [0.15, 0.2) is 34.7 Å². The van der Waals surface area contributed by atoms with Gasteiger partial charge >= 0.3 is 0 Å². The molecule has 130 valence electrons. The Morgan fingerprint density at radius 2 is 2.00 bits per heavy atom. The molecule has 0 saturated carbocycles. The molecule has 0 aliphatic rings. The Labute approximate surface area is 149 Å². The summed E-state index contributed by atoms with van der Waals surface area (Å²) in [5.41, 5.74) is 2.33. The number of aromatic nitrogens is 1. The van der Waals surface area contributed by atoms with Gasteiger partial charge < -0.3 is 14.0 Å². The van der Waals surface area contributed by atoms with Gasteiger partial charge in [0.05, 0.1) is 10.9 Å². The van der Waals surface area contributed by atoms with Crippen LogP contribution in [0.3, 0.4) is 0 Å². The fraction of sp³-hybridized carbons (Fsp3) is 0.222. The first-order valence-corrected chi connectivity index (χ1v) is 8.84. The van der Waals surface area contributed by atoms with Crippen molar-refractivity contribution in [3.05, 3.63) is 47.3 Å². The van der Waals surface area contributed by atoms with E-state index < -0.39 is 0 Å². The standard InChI is InChI=1S/C18H18FN3O2S/c1-10-9-13-14(17(23)20-2)15(11-5-7-12(19)8-6-11)24-18(13)21-16(10)22(3)25-4/h5-9H,1-4H3,(H,20,23). The van der Waals surface area contributed by atoms with Crippen LogP contribution in [0.4, 0.5) is 10.2 Å². The van der Waals surface area contributed by atoms with E-state index in [4.69, 9.17) is 4.42 Å². The van der Waals surface area contributed by atoms with Crippen LogP contribution < -0.4 is 9.62 Å². The molecule has 2 heterocycles. The molecular weight excluding hydrogens is 341 g/mol. The SMILES string of the molecule is CNC(=O)c1c(-c2ccc(F)cc2)oc2nc(N(C)SC)c(C)cc12. The first-order valence-electron chi connectivity index (χ1n) is 7.66. The molecule has 0 radical (unpaired) electrons. The molecule has 0 unspecified atom stereocenters. The summed E-state index contributed by atoms with van der Waals surface area (Å²) >= 11 is 1.53. The molecular formula is C18H18FN3O2S. The predicted molar refractivity (Wildman–Crippen MR) is 99.4 cm³/mol. The Morgan fingerprint density at radius 1 is 1.32 bits per heavy atom. The number of nitrogens with zero attached hydrogens (tertiary/aromatic N) is 2. The molecule has 2 aromatic heterocycles. The first kappa shape index (κ1) is 17.3. The van der Waals surface area contributed by atoms with Crippen molar-refractivity contribution < 1.29 is 13.6 Å². The van der Waals surface area contributed by atoms with Gasteiger partial charge in [-0.25, -0.2) is 4.39 Å². The summed E-state index contributed by atoms with van der Waals surface area (Å²) in [7, 11) is 3.47. The lowest BCUT2D eigenvalue weighted by atomic mass is 10.0. The van der Waals surface area contributed by atoms with Gasteiger partial charge in [-0.3, -0.25) is 4.79 Å². The van der Waals surface area contributed by atoms with Crippen molar-refractivity contribution in [1.82, 2.24) is 10.3 Å². The van der Waals surface area contributed by atoms with Gasteiger partial charge in [0.1, 0.15) is 17.4 Å². The molecule has 0 saturated heterocycles. The maximum absolute atomic E-state index is 13.2. The number of rotatable bonds is 4. The average molecular weight is 359 g/mol. The first-order chi connectivity index (χ1) is 12.0. The van der Waals surface area contributed by atoms with E-state index in [1.165, 1.54) is 24.1 Å². The number of hydrogen-bond acceptors (Lipinski definition) is 5. The Morgan fingerprint density at radius 3 is 2.60 bits per heavy atom. The number of pyridine rings is 1. The van der Waals surface area contributed by atoms with Crippen molar-refractivity contribution in [2.45, 2.75) is 6.92 Å².